The summed E-state index contributed by atoms with van der Waals surface area (Å²) in [5.74, 6) is 0. The van der Waals surface area contributed by atoms with E-state index in [0.29, 0.717) is 12.1 Å². The first-order valence-electron chi connectivity index (χ1n) is 5.26. The molecule has 3 aromatic heterocycles. The van der Waals surface area contributed by atoms with E-state index < -0.39 is 0 Å². The number of nitriles is 1. The second kappa shape index (κ2) is 4.72. The van der Waals surface area contributed by atoms with Gasteiger partial charge in [0.15, 0.2) is 0 Å². The zero-order valence-electron chi connectivity index (χ0n) is 9.28. The summed E-state index contributed by atoms with van der Waals surface area (Å²) < 4.78 is 1.73. The Morgan fingerprint density at radius 1 is 1.39 bits per heavy atom. The summed E-state index contributed by atoms with van der Waals surface area (Å²) >= 11 is 3.32. The van der Waals surface area contributed by atoms with Gasteiger partial charge in [-0.2, -0.15) is 10.4 Å². The lowest BCUT2D eigenvalue weighted by Crippen LogP contribution is -1.99. The third-order valence-electron chi connectivity index (χ3n) is 2.37. The van der Waals surface area contributed by atoms with Gasteiger partial charge in [-0.1, -0.05) is 6.07 Å². The molecule has 0 radical (unpaired) electrons. The Kier molecular flexibility index (Phi) is 2.92. The van der Waals surface area contributed by atoms with Crippen molar-refractivity contribution in [2.75, 3.05) is 0 Å². The lowest BCUT2D eigenvalue weighted by Gasteiger charge is -1.95. The van der Waals surface area contributed by atoms with Crippen molar-refractivity contribution >= 4 is 22.7 Å². The van der Waals surface area contributed by atoms with Crippen LogP contribution in [0.25, 0.3) is 9.88 Å². The monoisotopic (exact) mass is 272 g/mol. The molecule has 0 fully saturated rings. The molecule has 0 saturated heterocycles. The molecular weight excluding hydrogens is 264 g/mol. The Morgan fingerprint density at radius 2 is 2.33 bits per heavy atom. The summed E-state index contributed by atoms with van der Waals surface area (Å²) in [6.07, 6.45) is 3.29. The van der Waals surface area contributed by atoms with Crippen molar-refractivity contribution in [1.29, 1.82) is 5.26 Å². The fourth-order valence-corrected chi connectivity index (χ4v) is 3.19. The SMILES string of the molecule is N#Cc1cnn(Cc2csc(-c3cccs3)n2)c1. The van der Waals surface area contributed by atoms with Gasteiger partial charge in [-0.15, -0.1) is 22.7 Å². The zero-order chi connectivity index (χ0) is 12.4. The molecule has 0 amide bonds. The minimum absolute atomic E-state index is 0.573. The zero-order valence-corrected chi connectivity index (χ0v) is 10.9. The number of hydrogen-bond donors (Lipinski definition) is 0. The van der Waals surface area contributed by atoms with Gasteiger partial charge in [0.2, 0.25) is 0 Å². The van der Waals surface area contributed by atoms with Gasteiger partial charge in [0.25, 0.3) is 0 Å². The minimum Gasteiger partial charge on any atom is -0.265 e. The molecule has 0 aliphatic carbocycles. The summed E-state index contributed by atoms with van der Waals surface area (Å²) in [5, 5.41) is 18.0. The van der Waals surface area contributed by atoms with Gasteiger partial charge < -0.3 is 0 Å². The Hall–Kier alpha value is -1.97. The Balaban J connectivity index is 1.80. The molecule has 0 bridgehead atoms. The van der Waals surface area contributed by atoms with E-state index in [9.17, 15) is 0 Å². The van der Waals surface area contributed by atoms with Gasteiger partial charge in [0.1, 0.15) is 11.1 Å². The lowest BCUT2D eigenvalue weighted by molar-refractivity contribution is 0.676. The molecule has 0 spiro atoms. The quantitative estimate of drug-likeness (QED) is 0.736. The van der Waals surface area contributed by atoms with Crippen LogP contribution in [0, 0.1) is 11.3 Å². The molecule has 0 aliphatic heterocycles. The number of thiazole rings is 1. The summed E-state index contributed by atoms with van der Waals surface area (Å²) in [4.78, 5) is 5.75. The highest BCUT2D eigenvalue weighted by atomic mass is 32.1. The maximum Gasteiger partial charge on any atom is 0.133 e. The van der Waals surface area contributed by atoms with Crippen molar-refractivity contribution in [2.24, 2.45) is 0 Å². The van der Waals surface area contributed by atoms with Gasteiger partial charge in [-0.25, -0.2) is 4.98 Å². The van der Waals surface area contributed by atoms with Crippen molar-refractivity contribution in [1.82, 2.24) is 14.8 Å². The predicted molar refractivity (Wildman–Crippen MR) is 71.5 cm³/mol. The van der Waals surface area contributed by atoms with E-state index in [0.717, 1.165) is 10.7 Å². The molecule has 6 heteroatoms. The van der Waals surface area contributed by atoms with Crippen LogP contribution >= 0.6 is 22.7 Å². The van der Waals surface area contributed by atoms with E-state index in [1.54, 1.807) is 39.7 Å². The maximum absolute atomic E-state index is 8.73. The topological polar surface area (TPSA) is 54.5 Å². The van der Waals surface area contributed by atoms with Crippen LogP contribution in [0.4, 0.5) is 0 Å². The molecule has 3 heterocycles. The van der Waals surface area contributed by atoms with Crippen LogP contribution in [0.3, 0.4) is 0 Å². The van der Waals surface area contributed by atoms with Crippen LogP contribution in [0.2, 0.25) is 0 Å². The summed E-state index contributed by atoms with van der Waals surface area (Å²) in [5.41, 5.74) is 1.54. The molecule has 3 rings (SSSR count). The summed E-state index contributed by atoms with van der Waals surface area (Å²) in [7, 11) is 0. The van der Waals surface area contributed by atoms with E-state index in [-0.39, 0.29) is 0 Å². The average Bonchev–Trinajstić information content (AvgIpc) is 3.10. The smallest absolute Gasteiger partial charge is 0.133 e. The Labute approximate surface area is 112 Å². The number of aromatic nitrogens is 3. The first-order chi connectivity index (χ1) is 8.85. The maximum atomic E-state index is 8.73. The Bertz CT molecular complexity index is 688. The van der Waals surface area contributed by atoms with Crippen molar-refractivity contribution < 1.29 is 0 Å². The fraction of sp³-hybridized carbons (Fsp3) is 0.0833. The van der Waals surface area contributed by atoms with E-state index in [2.05, 4.69) is 22.2 Å². The van der Waals surface area contributed by atoms with E-state index in [1.807, 2.05) is 16.8 Å². The van der Waals surface area contributed by atoms with Gasteiger partial charge in [0.05, 0.1) is 28.9 Å². The van der Waals surface area contributed by atoms with Crippen LogP contribution in [0.1, 0.15) is 11.3 Å². The van der Waals surface area contributed by atoms with Crippen molar-refractivity contribution in [3.05, 3.63) is 46.5 Å². The number of rotatable bonds is 3. The minimum atomic E-state index is 0.573. The molecule has 0 N–H and O–H groups in total. The molecule has 0 aromatic carbocycles. The molecule has 0 saturated carbocycles. The first kappa shape index (κ1) is 11.1. The highest BCUT2D eigenvalue weighted by Gasteiger charge is 2.06. The largest absolute Gasteiger partial charge is 0.265 e. The summed E-state index contributed by atoms with van der Waals surface area (Å²) in [6, 6.07) is 6.15. The molecule has 18 heavy (non-hydrogen) atoms. The van der Waals surface area contributed by atoms with Crippen LogP contribution in [0.15, 0.2) is 35.3 Å². The average molecular weight is 272 g/mol. The third kappa shape index (κ3) is 2.18. The molecular formula is C12H8N4S2. The summed E-state index contributed by atoms with van der Waals surface area (Å²) in [6.45, 7) is 0.601. The predicted octanol–water partition coefficient (Wildman–Crippen LogP) is 2.99. The van der Waals surface area contributed by atoms with Gasteiger partial charge >= 0.3 is 0 Å². The van der Waals surface area contributed by atoms with E-state index in [1.165, 1.54) is 4.88 Å². The fourth-order valence-electron chi connectivity index (χ4n) is 1.57. The van der Waals surface area contributed by atoms with E-state index in [4.69, 9.17) is 5.26 Å². The van der Waals surface area contributed by atoms with Crippen molar-refractivity contribution in [3.8, 4) is 16.0 Å². The first-order valence-corrected chi connectivity index (χ1v) is 7.02. The van der Waals surface area contributed by atoms with Gasteiger partial charge in [-0.3, -0.25) is 4.68 Å². The van der Waals surface area contributed by atoms with E-state index >= 15 is 0 Å². The van der Waals surface area contributed by atoms with Crippen LogP contribution in [-0.4, -0.2) is 14.8 Å². The van der Waals surface area contributed by atoms with Gasteiger partial charge in [-0.05, 0) is 11.4 Å². The number of thiophene rings is 1. The Morgan fingerprint density at radius 3 is 3.06 bits per heavy atom. The third-order valence-corrected chi connectivity index (χ3v) is 4.30. The molecule has 88 valence electrons. The molecule has 4 nitrogen and oxygen atoms in total. The highest BCUT2D eigenvalue weighted by molar-refractivity contribution is 7.20. The van der Waals surface area contributed by atoms with Gasteiger partial charge in [0, 0.05) is 11.6 Å². The number of hydrogen-bond acceptors (Lipinski definition) is 5. The van der Waals surface area contributed by atoms with Crippen LogP contribution in [0.5, 0.6) is 0 Å². The second-order valence-electron chi connectivity index (χ2n) is 3.66. The lowest BCUT2D eigenvalue weighted by atomic mass is 10.4. The number of nitrogens with zero attached hydrogens (tertiary/aromatic N) is 4. The van der Waals surface area contributed by atoms with Crippen molar-refractivity contribution in [3.63, 3.8) is 0 Å². The van der Waals surface area contributed by atoms with Crippen LogP contribution in [-0.2, 0) is 6.54 Å². The van der Waals surface area contributed by atoms with Crippen molar-refractivity contribution in [2.45, 2.75) is 6.54 Å². The molecule has 0 aliphatic rings. The molecule has 0 atom stereocenters. The second-order valence-corrected chi connectivity index (χ2v) is 5.47. The standard InChI is InChI=1S/C12H8N4S2/c13-4-9-5-14-16(6-9)7-10-8-18-12(15-10)11-2-1-3-17-11/h1-3,5-6,8H,7H2. The normalized spacial score (nSPS) is 10.4. The molecule has 0 unspecified atom stereocenters. The van der Waals surface area contributed by atoms with Crippen LogP contribution < -0.4 is 0 Å². The molecule has 3 aromatic rings. The highest BCUT2D eigenvalue weighted by Crippen LogP contribution is 2.27.